The Labute approximate surface area is 214 Å². The van der Waals surface area contributed by atoms with E-state index < -0.39 is 11.6 Å². The minimum atomic E-state index is -0.804. The summed E-state index contributed by atoms with van der Waals surface area (Å²) in [6, 6.07) is 2.34. The lowest BCUT2D eigenvalue weighted by Gasteiger charge is -2.26. The molecule has 12 heteroatoms. The fraction of sp³-hybridized carbons (Fsp3) is 0.542. The summed E-state index contributed by atoms with van der Waals surface area (Å²) in [5.74, 6) is -0.538. The Hall–Kier alpha value is -2.60. The van der Waals surface area contributed by atoms with Gasteiger partial charge in [-0.25, -0.2) is 13.8 Å². The molecule has 0 spiro atoms. The van der Waals surface area contributed by atoms with Gasteiger partial charge in [-0.3, -0.25) is 4.90 Å². The lowest BCUT2D eigenvalue weighted by Crippen LogP contribution is -2.39. The van der Waals surface area contributed by atoms with Gasteiger partial charge in [-0.1, -0.05) is 24.9 Å². The average molecular weight is 524 g/mol. The van der Waals surface area contributed by atoms with Crippen molar-refractivity contribution in [2.24, 2.45) is 0 Å². The lowest BCUT2D eigenvalue weighted by atomic mass is 10.2. The summed E-state index contributed by atoms with van der Waals surface area (Å²) >= 11 is 5.90. The minimum Gasteiger partial charge on any atom is -0.395 e. The predicted molar refractivity (Wildman–Crippen MR) is 136 cm³/mol. The second-order valence-corrected chi connectivity index (χ2v) is 9.09. The number of aromatic nitrogens is 4. The monoisotopic (exact) mass is 523 g/mol. The number of ether oxygens (including phenoxy) is 1. The van der Waals surface area contributed by atoms with E-state index in [0.29, 0.717) is 42.6 Å². The van der Waals surface area contributed by atoms with Crippen LogP contribution in [0, 0.1) is 11.6 Å². The summed E-state index contributed by atoms with van der Waals surface area (Å²) in [5.41, 5.74) is 0.775. The second-order valence-electron chi connectivity index (χ2n) is 8.68. The molecule has 1 fully saturated rings. The van der Waals surface area contributed by atoms with Crippen molar-refractivity contribution >= 4 is 34.5 Å². The largest absolute Gasteiger partial charge is 0.395 e. The predicted octanol–water partition coefficient (Wildman–Crippen LogP) is 3.15. The molecule has 3 aromatic rings. The van der Waals surface area contributed by atoms with Gasteiger partial charge in [0.15, 0.2) is 17.0 Å². The summed E-state index contributed by atoms with van der Waals surface area (Å²) in [6.07, 6.45) is 3.37. The third kappa shape index (κ3) is 6.20. The van der Waals surface area contributed by atoms with E-state index in [1.807, 2.05) is 4.90 Å². The number of nitrogens with one attached hydrogen (secondary N) is 1. The zero-order valence-electron chi connectivity index (χ0n) is 20.4. The Bertz CT molecular complexity index is 1160. The van der Waals surface area contributed by atoms with Crippen molar-refractivity contribution in [1.82, 2.24) is 24.4 Å². The van der Waals surface area contributed by atoms with Crippen molar-refractivity contribution in [1.29, 1.82) is 0 Å². The number of hydrogen-bond acceptors (Lipinski definition) is 8. The topological polar surface area (TPSA) is 91.6 Å². The van der Waals surface area contributed by atoms with Crippen LogP contribution in [0.2, 0.25) is 5.02 Å². The molecule has 0 saturated carbocycles. The molecule has 0 aliphatic carbocycles. The molecule has 2 N–H and O–H groups in total. The van der Waals surface area contributed by atoms with Gasteiger partial charge < -0.3 is 24.6 Å². The van der Waals surface area contributed by atoms with E-state index in [2.05, 4.69) is 22.1 Å². The molecule has 0 radical (unpaired) electrons. The van der Waals surface area contributed by atoms with Gasteiger partial charge in [0.25, 0.3) is 0 Å². The van der Waals surface area contributed by atoms with Gasteiger partial charge in [-0.15, -0.1) is 0 Å². The van der Waals surface area contributed by atoms with Crippen molar-refractivity contribution in [3.05, 3.63) is 40.7 Å². The first-order chi connectivity index (χ1) is 17.5. The molecule has 1 saturated heterocycles. The molecule has 0 amide bonds. The number of imidazole rings is 1. The third-order valence-corrected chi connectivity index (χ3v) is 6.47. The van der Waals surface area contributed by atoms with E-state index in [9.17, 15) is 13.9 Å². The number of aliphatic hydroxyl groups is 1. The van der Waals surface area contributed by atoms with Gasteiger partial charge in [0.1, 0.15) is 11.6 Å². The molecule has 196 valence electrons. The fourth-order valence-corrected chi connectivity index (χ4v) is 4.31. The van der Waals surface area contributed by atoms with E-state index in [1.165, 1.54) is 12.4 Å². The molecule has 0 bridgehead atoms. The fourth-order valence-electron chi connectivity index (χ4n) is 4.14. The van der Waals surface area contributed by atoms with Crippen LogP contribution >= 0.6 is 11.6 Å². The van der Waals surface area contributed by atoms with Crippen LogP contribution in [-0.4, -0.2) is 88.6 Å². The number of fused-ring (bicyclic) bond motifs is 1. The van der Waals surface area contributed by atoms with Crippen molar-refractivity contribution in [3.8, 4) is 0 Å². The summed E-state index contributed by atoms with van der Waals surface area (Å²) in [6.45, 7) is 7.56. The highest BCUT2D eigenvalue weighted by Gasteiger charge is 2.20. The molecule has 4 rings (SSSR count). The molecular formula is C24H32ClF2N7O2. The van der Waals surface area contributed by atoms with Crippen LogP contribution in [0.3, 0.4) is 0 Å². The number of benzene rings is 1. The minimum absolute atomic E-state index is 0.0525. The van der Waals surface area contributed by atoms with Gasteiger partial charge in [-0.2, -0.15) is 9.97 Å². The van der Waals surface area contributed by atoms with Crippen molar-refractivity contribution in [3.63, 3.8) is 0 Å². The number of rotatable bonds is 12. The third-order valence-electron chi connectivity index (χ3n) is 6.18. The van der Waals surface area contributed by atoms with Crippen molar-refractivity contribution < 1.29 is 18.6 Å². The molecule has 0 unspecified atom stereocenters. The first kappa shape index (κ1) is 26.5. The lowest BCUT2D eigenvalue weighted by molar-refractivity contribution is 0.0398. The standard InChI is InChI=1S/C24H32ClF2N7O2/c1-2-3-7-33(9-12-35)24-30-22(28-6-8-32-10-13-36-14-11-32)21-23(31-24)34(16-29-21)15-17-19(26)5-4-18(25)20(17)27/h4-5,16,35H,2-3,6-15H2,1H3,(H,28,30,31). The molecule has 2 aromatic heterocycles. The van der Waals surface area contributed by atoms with Crippen molar-refractivity contribution in [2.75, 3.05) is 69.3 Å². The Morgan fingerprint density at radius 1 is 1.19 bits per heavy atom. The van der Waals surface area contributed by atoms with Crippen LogP contribution in [0.1, 0.15) is 25.3 Å². The quantitative estimate of drug-likeness (QED) is 0.350. The number of anilines is 2. The zero-order chi connectivity index (χ0) is 25.5. The molecule has 9 nitrogen and oxygen atoms in total. The summed E-state index contributed by atoms with van der Waals surface area (Å²) in [4.78, 5) is 18.1. The molecule has 36 heavy (non-hydrogen) atoms. The first-order valence-electron chi connectivity index (χ1n) is 12.3. The van der Waals surface area contributed by atoms with E-state index >= 15 is 0 Å². The Kier molecular flexibility index (Phi) is 9.24. The summed E-state index contributed by atoms with van der Waals surface area (Å²) in [7, 11) is 0. The van der Waals surface area contributed by atoms with Crippen molar-refractivity contribution in [2.45, 2.75) is 26.3 Å². The smallest absolute Gasteiger partial charge is 0.229 e. The number of unbranched alkanes of at least 4 members (excludes halogenated alkanes) is 1. The zero-order valence-corrected chi connectivity index (χ0v) is 21.1. The molecule has 1 aliphatic rings. The number of aliphatic hydroxyl groups excluding tert-OH is 1. The number of morpholine rings is 1. The van der Waals surface area contributed by atoms with Crippen LogP contribution in [-0.2, 0) is 11.3 Å². The molecule has 1 aliphatic heterocycles. The number of hydrogen-bond donors (Lipinski definition) is 2. The van der Waals surface area contributed by atoms with Crippen LogP contribution in [0.15, 0.2) is 18.5 Å². The Balaban J connectivity index is 1.67. The van der Waals surface area contributed by atoms with Gasteiger partial charge in [0.05, 0.1) is 37.7 Å². The van der Waals surface area contributed by atoms with E-state index in [4.69, 9.17) is 26.3 Å². The summed E-state index contributed by atoms with van der Waals surface area (Å²) in [5, 5.41) is 12.8. The van der Waals surface area contributed by atoms with E-state index in [-0.39, 0.29) is 23.7 Å². The molecule has 0 atom stereocenters. The maximum absolute atomic E-state index is 14.6. The highest BCUT2D eigenvalue weighted by Crippen LogP contribution is 2.26. The maximum atomic E-state index is 14.6. The Morgan fingerprint density at radius 3 is 2.75 bits per heavy atom. The normalized spacial score (nSPS) is 14.5. The van der Waals surface area contributed by atoms with Crippen LogP contribution < -0.4 is 10.2 Å². The molecular weight excluding hydrogens is 492 g/mol. The first-order valence-corrected chi connectivity index (χ1v) is 12.6. The highest BCUT2D eigenvalue weighted by molar-refractivity contribution is 6.30. The van der Waals surface area contributed by atoms with E-state index in [1.54, 1.807) is 4.57 Å². The Morgan fingerprint density at radius 2 is 2.00 bits per heavy atom. The SMILES string of the molecule is CCCCN(CCO)c1nc(NCCN2CCOCC2)c2ncn(Cc3c(F)ccc(Cl)c3F)c2n1. The van der Waals surface area contributed by atoms with Crippen LogP contribution in [0.5, 0.6) is 0 Å². The van der Waals surface area contributed by atoms with Crippen LogP contribution in [0.4, 0.5) is 20.5 Å². The van der Waals surface area contributed by atoms with Crippen LogP contribution in [0.25, 0.3) is 11.2 Å². The number of nitrogens with zero attached hydrogens (tertiary/aromatic N) is 6. The second kappa shape index (κ2) is 12.6. The maximum Gasteiger partial charge on any atom is 0.229 e. The van der Waals surface area contributed by atoms with Gasteiger partial charge in [-0.05, 0) is 18.6 Å². The van der Waals surface area contributed by atoms with E-state index in [0.717, 1.165) is 51.8 Å². The van der Waals surface area contributed by atoms with Gasteiger partial charge in [0, 0.05) is 44.8 Å². The number of halogens is 3. The molecule has 1 aromatic carbocycles. The van der Waals surface area contributed by atoms with Gasteiger partial charge in [0.2, 0.25) is 5.95 Å². The average Bonchev–Trinajstić information content (AvgIpc) is 3.30. The van der Waals surface area contributed by atoms with Gasteiger partial charge >= 0.3 is 0 Å². The summed E-state index contributed by atoms with van der Waals surface area (Å²) < 4.78 is 36.1. The molecule has 3 heterocycles. The highest BCUT2D eigenvalue weighted by atomic mass is 35.5.